The SMILES string of the molecule is CCCC(C#N)(CCC)C(=O)Nc1cc(C)ccn1. The molecule has 1 rings (SSSR count). The second-order valence-electron chi connectivity index (χ2n) is 4.87. The molecule has 0 aliphatic carbocycles. The minimum atomic E-state index is -0.936. The van der Waals surface area contributed by atoms with E-state index < -0.39 is 5.41 Å². The third-order valence-electron chi connectivity index (χ3n) is 3.16. The first-order chi connectivity index (χ1) is 9.07. The average molecular weight is 259 g/mol. The fourth-order valence-electron chi connectivity index (χ4n) is 2.21. The van der Waals surface area contributed by atoms with Crippen LogP contribution in [0, 0.1) is 23.7 Å². The van der Waals surface area contributed by atoms with E-state index in [2.05, 4.69) is 16.4 Å². The van der Waals surface area contributed by atoms with E-state index in [-0.39, 0.29) is 5.91 Å². The summed E-state index contributed by atoms with van der Waals surface area (Å²) in [5.74, 6) is 0.272. The molecule has 0 spiro atoms. The zero-order valence-corrected chi connectivity index (χ0v) is 11.9. The second-order valence-corrected chi connectivity index (χ2v) is 4.87. The molecule has 0 bridgehead atoms. The number of amides is 1. The highest BCUT2D eigenvalue weighted by Crippen LogP contribution is 2.30. The van der Waals surface area contributed by atoms with Crippen LogP contribution in [0.3, 0.4) is 0 Å². The zero-order chi connectivity index (χ0) is 14.3. The number of aryl methyl sites for hydroxylation is 1. The maximum Gasteiger partial charge on any atom is 0.246 e. The molecule has 4 nitrogen and oxygen atoms in total. The number of aromatic nitrogens is 1. The summed E-state index contributed by atoms with van der Waals surface area (Å²) >= 11 is 0. The Bertz CT molecular complexity index is 471. The van der Waals surface area contributed by atoms with Crippen molar-refractivity contribution in [2.75, 3.05) is 5.32 Å². The van der Waals surface area contributed by atoms with E-state index in [4.69, 9.17) is 0 Å². The Hall–Kier alpha value is -1.89. The fourth-order valence-corrected chi connectivity index (χ4v) is 2.21. The van der Waals surface area contributed by atoms with Crippen molar-refractivity contribution in [3.05, 3.63) is 23.9 Å². The Labute approximate surface area is 114 Å². The van der Waals surface area contributed by atoms with E-state index in [1.807, 2.05) is 26.8 Å². The van der Waals surface area contributed by atoms with Gasteiger partial charge in [-0.3, -0.25) is 4.79 Å². The van der Waals surface area contributed by atoms with Crippen molar-refractivity contribution in [1.29, 1.82) is 5.26 Å². The summed E-state index contributed by atoms with van der Waals surface area (Å²) in [5.41, 5.74) is 0.0911. The first-order valence-electron chi connectivity index (χ1n) is 6.73. The monoisotopic (exact) mass is 259 g/mol. The van der Waals surface area contributed by atoms with Crippen molar-refractivity contribution in [3.63, 3.8) is 0 Å². The molecule has 0 unspecified atom stereocenters. The smallest absolute Gasteiger partial charge is 0.246 e. The lowest BCUT2D eigenvalue weighted by Crippen LogP contribution is -2.35. The van der Waals surface area contributed by atoms with E-state index in [1.54, 1.807) is 12.3 Å². The predicted molar refractivity (Wildman–Crippen MR) is 75.5 cm³/mol. The lowest BCUT2D eigenvalue weighted by molar-refractivity contribution is -0.123. The number of hydrogen-bond acceptors (Lipinski definition) is 3. The fraction of sp³-hybridized carbons (Fsp3) is 0.533. The summed E-state index contributed by atoms with van der Waals surface area (Å²) in [4.78, 5) is 16.5. The van der Waals surface area contributed by atoms with Gasteiger partial charge in [0.05, 0.1) is 6.07 Å². The van der Waals surface area contributed by atoms with E-state index in [0.29, 0.717) is 18.7 Å². The summed E-state index contributed by atoms with van der Waals surface area (Å²) in [5, 5.41) is 12.2. The van der Waals surface area contributed by atoms with E-state index in [1.165, 1.54) is 0 Å². The summed E-state index contributed by atoms with van der Waals surface area (Å²) in [6.45, 7) is 5.91. The van der Waals surface area contributed by atoms with Gasteiger partial charge in [-0.25, -0.2) is 4.98 Å². The average Bonchev–Trinajstić information content (AvgIpc) is 2.38. The number of carbonyl (C=O) groups excluding carboxylic acids is 1. The summed E-state index contributed by atoms with van der Waals surface area (Å²) in [7, 11) is 0. The molecule has 0 aliphatic heterocycles. The largest absolute Gasteiger partial charge is 0.309 e. The number of carbonyl (C=O) groups is 1. The molecule has 1 N–H and O–H groups in total. The van der Waals surface area contributed by atoms with Gasteiger partial charge in [-0.2, -0.15) is 5.26 Å². The van der Waals surface area contributed by atoms with Crippen molar-refractivity contribution in [1.82, 2.24) is 4.98 Å². The maximum atomic E-state index is 12.4. The molecule has 0 radical (unpaired) electrons. The third kappa shape index (κ3) is 3.78. The van der Waals surface area contributed by atoms with Crippen molar-refractivity contribution < 1.29 is 4.79 Å². The van der Waals surface area contributed by atoms with Crippen LogP contribution in [0.25, 0.3) is 0 Å². The van der Waals surface area contributed by atoms with Gasteiger partial charge in [-0.1, -0.05) is 26.7 Å². The molecule has 1 aromatic heterocycles. The van der Waals surface area contributed by atoms with Crippen molar-refractivity contribution >= 4 is 11.7 Å². The van der Waals surface area contributed by atoms with Gasteiger partial charge in [0, 0.05) is 6.20 Å². The van der Waals surface area contributed by atoms with E-state index in [9.17, 15) is 10.1 Å². The first-order valence-corrected chi connectivity index (χ1v) is 6.73. The van der Waals surface area contributed by atoms with Gasteiger partial charge in [0.25, 0.3) is 0 Å². The molecule has 1 aromatic rings. The van der Waals surface area contributed by atoms with Crippen LogP contribution in [0.4, 0.5) is 5.82 Å². The summed E-state index contributed by atoms with van der Waals surface area (Å²) in [6, 6.07) is 5.88. The molecule has 1 amide bonds. The van der Waals surface area contributed by atoms with Crippen molar-refractivity contribution in [2.24, 2.45) is 5.41 Å². The molecular weight excluding hydrogens is 238 g/mol. The molecule has 0 atom stereocenters. The molecule has 1 heterocycles. The lowest BCUT2D eigenvalue weighted by atomic mass is 9.80. The molecule has 0 saturated heterocycles. The lowest BCUT2D eigenvalue weighted by Gasteiger charge is -2.24. The molecule has 102 valence electrons. The van der Waals surface area contributed by atoms with Gasteiger partial charge in [0.1, 0.15) is 11.2 Å². The molecular formula is C15H21N3O. The molecule has 0 saturated carbocycles. The normalized spacial score (nSPS) is 10.8. The van der Waals surface area contributed by atoms with Crippen molar-refractivity contribution in [2.45, 2.75) is 46.5 Å². The molecule has 19 heavy (non-hydrogen) atoms. The van der Waals surface area contributed by atoms with Crippen LogP contribution in [0.2, 0.25) is 0 Å². The summed E-state index contributed by atoms with van der Waals surface area (Å²) < 4.78 is 0. The van der Waals surface area contributed by atoms with E-state index >= 15 is 0 Å². The van der Waals surface area contributed by atoms with Gasteiger partial charge >= 0.3 is 0 Å². The van der Waals surface area contributed by atoms with Crippen LogP contribution in [-0.4, -0.2) is 10.9 Å². The Morgan fingerprint density at radius 3 is 2.53 bits per heavy atom. The first kappa shape index (κ1) is 15.2. The minimum Gasteiger partial charge on any atom is -0.309 e. The minimum absolute atomic E-state index is 0.239. The Morgan fingerprint density at radius 1 is 1.42 bits per heavy atom. The van der Waals surface area contributed by atoms with Crippen LogP contribution in [0.1, 0.15) is 45.1 Å². The van der Waals surface area contributed by atoms with Gasteiger partial charge in [-0.15, -0.1) is 0 Å². The number of nitrogens with zero attached hydrogens (tertiary/aromatic N) is 2. The van der Waals surface area contributed by atoms with Gasteiger partial charge in [0.2, 0.25) is 5.91 Å². The van der Waals surface area contributed by atoms with Crippen LogP contribution in [0.5, 0.6) is 0 Å². The van der Waals surface area contributed by atoms with Gasteiger partial charge < -0.3 is 5.32 Å². The number of pyridine rings is 1. The number of nitriles is 1. The summed E-state index contributed by atoms with van der Waals surface area (Å²) in [6.07, 6.45) is 4.42. The Kier molecular flexibility index (Phi) is 5.50. The van der Waals surface area contributed by atoms with Crippen LogP contribution in [0.15, 0.2) is 18.3 Å². The highest BCUT2D eigenvalue weighted by molar-refractivity contribution is 5.96. The molecule has 0 aliphatic rings. The maximum absolute atomic E-state index is 12.4. The van der Waals surface area contributed by atoms with Crippen molar-refractivity contribution in [3.8, 4) is 6.07 Å². The molecule has 0 aromatic carbocycles. The van der Waals surface area contributed by atoms with Crippen LogP contribution in [-0.2, 0) is 4.79 Å². The number of rotatable bonds is 6. The highest BCUT2D eigenvalue weighted by atomic mass is 16.2. The Balaban J connectivity index is 2.91. The number of nitrogens with one attached hydrogen (secondary N) is 1. The van der Waals surface area contributed by atoms with Crippen LogP contribution < -0.4 is 5.32 Å². The van der Waals surface area contributed by atoms with Crippen LogP contribution >= 0.6 is 0 Å². The van der Waals surface area contributed by atoms with E-state index in [0.717, 1.165) is 18.4 Å². The van der Waals surface area contributed by atoms with Gasteiger partial charge in [0.15, 0.2) is 0 Å². The topological polar surface area (TPSA) is 65.8 Å². The number of hydrogen-bond donors (Lipinski definition) is 1. The standard InChI is InChI=1S/C15H21N3O/c1-4-7-15(11-16,8-5-2)14(19)18-13-10-12(3)6-9-17-13/h6,9-10H,4-5,7-8H2,1-3H3,(H,17,18,19). The third-order valence-corrected chi connectivity index (χ3v) is 3.16. The molecule has 0 fully saturated rings. The molecule has 4 heteroatoms. The predicted octanol–water partition coefficient (Wildman–Crippen LogP) is 3.44. The highest BCUT2D eigenvalue weighted by Gasteiger charge is 2.37. The zero-order valence-electron chi connectivity index (χ0n) is 11.9. The quantitative estimate of drug-likeness (QED) is 0.851. The van der Waals surface area contributed by atoms with Gasteiger partial charge in [-0.05, 0) is 37.5 Å². The Morgan fingerprint density at radius 2 is 2.05 bits per heavy atom. The second kappa shape index (κ2) is 6.89. The number of anilines is 1.